The number of carbonyl (C=O) groups excluding carboxylic acids is 1. The van der Waals surface area contributed by atoms with Crippen molar-refractivity contribution in [2.45, 2.75) is 6.17 Å². The Bertz CT molecular complexity index is 277. The van der Waals surface area contributed by atoms with E-state index in [2.05, 4.69) is 0 Å². The number of nitrogens with two attached hydrogens (primary N) is 1. The van der Waals surface area contributed by atoms with Crippen LogP contribution in [0.25, 0.3) is 0 Å². The van der Waals surface area contributed by atoms with E-state index >= 15 is 0 Å². The molecule has 0 aromatic carbocycles. The fraction of sp³-hybridized carbons (Fsp3) is 0.286. The monoisotopic (exact) mass is 185 g/mol. The summed E-state index contributed by atoms with van der Waals surface area (Å²) in [7, 11) is -1.70. The van der Waals surface area contributed by atoms with Gasteiger partial charge in [-0.1, -0.05) is 12.2 Å². The predicted octanol–water partition coefficient (Wildman–Crippen LogP) is -1.07. The zero-order valence-corrected chi connectivity index (χ0v) is 6.72. The van der Waals surface area contributed by atoms with Gasteiger partial charge in [0.1, 0.15) is 6.17 Å². The summed E-state index contributed by atoms with van der Waals surface area (Å²) < 4.78 is 12.9. The van der Waals surface area contributed by atoms with Gasteiger partial charge in [0.05, 0.1) is 5.92 Å². The van der Waals surface area contributed by atoms with E-state index in [-0.39, 0.29) is 5.47 Å². The lowest BCUT2D eigenvalue weighted by Crippen LogP contribution is -2.32. The number of allylic oxidation sites excluding steroid dienone is 3. The van der Waals surface area contributed by atoms with Crippen molar-refractivity contribution in [2.24, 2.45) is 11.7 Å². The van der Waals surface area contributed by atoms with Gasteiger partial charge in [0.25, 0.3) is 0 Å². The van der Waals surface area contributed by atoms with Gasteiger partial charge in [0.15, 0.2) is 0 Å². The summed E-state index contributed by atoms with van der Waals surface area (Å²) in [6.45, 7) is 0. The maximum Gasteiger partial charge on any atom is 0.488 e. The summed E-state index contributed by atoms with van der Waals surface area (Å²) in [5.74, 6) is -1.93. The van der Waals surface area contributed by atoms with Crippen LogP contribution < -0.4 is 5.73 Å². The first-order valence-electron chi connectivity index (χ1n) is 3.72. The van der Waals surface area contributed by atoms with Crippen LogP contribution in [0.15, 0.2) is 23.7 Å². The molecule has 4 N–H and O–H groups in total. The molecule has 0 radical (unpaired) electrons. The number of halogens is 1. The maximum absolute atomic E-state index is 12.9. The fourth-order valence-electron chi connectivity index (χ4n) is 1.09. The second-order valence-electron chi connectivity index (χ2n) is 2.77. The quantitative estimate of drug-likeness (QED) is 0.479. The van der Waals surface area contributed by atoms with Gasteiger partial charge in [0.2, 0.25) is 5.91 Å². The van der Waals surface area contributed by atoms with Gasteiger partial charge in [-0.25, -0.2) is 4.39 Å². The highest BCUT2D eigenvalue weighted by Crippen LogP contribution is 2.20. The minimum absolute atomic E-state index is 0.0812. The summed E-state index contributed by atoms with van der Waals surface area (Å²) in [5.41, 5.74) is 4.98. The lowest BCUT2D eigenvalue weighted by Gasteiger charge is -2.16. The number of amides is 1. The topological polar surface area (TPSA) is 83.6 Å². The van der Waals surface area contributed by atoms with Gasteiger partial charge in [-0.15, -0.1) is 0 Å². The molecule has 4 nitrogen and oxygen atoms in total. The summed E-state index contributed by atoms with van der Waals surface area (Å²) in [4.78, 5) is 10.7. The maximum atomic E-state index is 12.9. The van der Waals surface area contributed by atoms with Gasteiger partial charge in [0, 0.05) is 0 Å². The lowest BCUT2D eigenvalue weighted by atomic mass is 9.74. The molecule has 6 heteroatoms. The van der Waals surface area contributed by atoms with Crippen molar-refractivity contribution in [3.8, 4) is 0 Å². The Hall–Kier alpha value is -1.14. The van der Waals surface area contributed by atoms with E-state index in [9.17, 15) is 9.18 Å². The summed E-state index contributed by atoms with van der Waals surface area (Å²) in [6, 6.07) is 0. The van der Waals surface area contributed by atoms with Crippen molar-refractivity contribution < 1.29 is 19.2 Å². The molecule has 1 aliphatic carbocycles. The van der Waals surface area contributed by atoms with Crippen LogP contribution in [-0.4, -0.2) is 29.2 Å². The molecule has 0 aliphatic heterocycles. The molecule has 0 spiro atoms. The number of hydrogen-bond acceptors (Lipinski definition) is 3. The third-order valence-electron chi connectivity index (χ3n) is 1.81. The highest BCUT2D eigenvalue weighted by Gasteiger charge is 2.28. The number of rotatable bonds is 2. The minimum atomic E-state index is -1.70. The van der Waals surface area contributed by atoms with E-state index in [4.69, 9.17) is 15.8 Å². The highest BCUT2D eigenvalue weighted by molar-refractivity contribution is 6.51. The van der Waals surface area contributed by atoms with E-state index < -0.39 is 25.1 Å². The van der Waals surface area contributed by atoms with Gasteiger partial charge in [-0.3, -0.25) is 4.79 Å². The van der Waals surface area contributed by atoms with Crippen LogP contribution in [0.2, 0.25) is 0 Å². The van der Waals surface area contributed by atoms with Gasteiger partial charge in [-0.05, 0) is 11.5 Å². The van der Waals surface area contributed by atoms with Crippen molar-refractivity contribution in [3.63, 3.8) is 0 Å². The van der Waals surface area contributed by atoms with Crippen LogP contribution in [0.4, 0.5) is 4.39 Å². The molecule has 0 saturated carbocycles. The molecule has 1 rings (SSSR count). The van der Waals surface area contributed by atoms with E-state index in [0.29, 0.717) is 0 Å². The van der Waals surface area contributed by atoms with Crippen molar-refractivity contribution in [1.29, 1.82) is 0 Å². The summed E-state index contributed by atoms with van der Waals surface area (Å²) >= 11 is 0. The smallest absolute Gasteiger partial charge is 0.423 e. The minimum Gasteiger partial charge on any atom is -0.423 e. The van der Waals surface area contributed by atoms with E-state index in [1.165, 1.54) is 6.08 Å². The number of primary amides is 1. The van der Waals surface area contributed by atoms with Crippen LogP contribution in [0, 0.1) is 5.92 Å². The standard InChI is InChI=1S/C7H9BFNO3/c9-6-2-1-4(8(12)13)3-5(6)7(10)11/h1-3,5-6,12-13H,(H2,10,11). The Kier molecular flexibility index (Phi) is 2.85. The molecule has 0 heterocycles. The molecule has 0 saturated heterocycles. The fourth-order valence-corrected chi connectivity index (χ4v) is 1.09. The molecular weight excluding hydrogens is 176 g/mol. The predicted molar refractivity (Wildman–Crippen MR) is 45.0 cm³/mol. The van der Waals surface area contributed by atoms with Crippen LogP contribution in [-0.2, 0) is 4.79 Å². The van der Waals surface area contributed by atoms with Crippen molar-refractivity contribution in [2.75, 3.05) is 0 Å². The van der Waals surface area contributed by atoms with E-state index in [0.717, 1.165) is 12.2 Å². The van der Waals surface area contributed by atoms with E-state index in [1.54, 1.807) is 0 Å². The third-order valence-corrected chi connectivity index (χ3v) is 1.81. The summed E-state index contributed by atoms with van der Waals surface area (Å²) in [5, 5.41) is 17.4. The molecular formula is C7H9BFNO3. The van der Waals surface area contributed by atoms with Crippen molar-refractivity contribution >= 4 is 13.0 Å². The second-order valence-corrected chi connectivity index (χ2v) is 2.77. The SMILES string of the molecule is NC(=O)C1C=C(B(O)O)C=CC1F. The molecule has 2 atom stereocenters. The van der Waals surface area contributed by atoms with Crippen LogP contribution >= 0.6 is 0 Å². The highest BCUT2D eigenvalue weighted by atomic mass is 19.1. The first-order valence-corrected chi connectivity index (χ1v) is 3.72. The van der Waals surface area contributed by atoms with Gasteiger partial charge in [-0.2, -0.15) is 0 Å². The third kappa shape index (κ3) is 2.16. The molecule has 13 heavy (non-hydrogen) atoms. The Morgan fingerprint density at radius 3 is 2.69 bits per heavy atom. The molecule has 0 aromatic rings. The molecule has 1 aliphatic rings. The van der Waals surface area contributed by atoms with Gasteiger partial charge >= 0.3 is 7.12 Å². The van der Waals surface area contributed by atoms with Crippen LogP contribution in [0.1, 0.15) is 0 Å². The van der Waals surface area contributed by atoms with Gasteiger partial charge < -0.3 is 15.8 Å². The molecule has 0 aromatic heterocycles. The zero-order valence-electron chi connectivity index (χ0n) is 6.72. The number of carbonyl (C=O) groups is 1. The number of hydrogen-bond donors (Lipinski definition) is 3. The zero-order chi connectivity index (χ0) is 10.0. The average molecular weight is 185 g/mol. The molecule has 70 valence electrons. The molecule has 0 fully saturated rings. The van der Waals surface area contributed by atoms with Crippen molar-refractivity contribution in [1.82, 2.24) is 0 Å². The first kappa shape index (κ1) is 9.95. The second kappa shape index (κ2) is 3.72. The molecule has 1 amide bonds. The molecule has 2 unspecified atom stereocenters. The lowest BCUT2D eigenvalue weighted by molar-refractivity contribution is -0.121. The average Bonchev–Trinajstić information content (AvgIpc) is 2.04. The Morgan fingerprint density at radius 1 is 1.62 bits per heavy atom. The summed E-state index contributed by atoms with van der Waals surface area (Å²) in [6.07, 6.45) is 1.93. The van der Waals surface area contributed by atoms with Crippen LogP contribution in [0.5, 0.6) is 0 Å². The largest absolute Gasteiger partial charge is 0.488 e. The Morgan fingerprint density at radius 2 is 2.23 bits per heavy atom. The number of alkyl halides is 1. The van der Waals surface area contributed by atoms with E-state index in [1.807, 2.05) is 0 Å². The first-order chi connectivity index (χ1) is 6.02. The normalized spacial score (nSPS) is 26.8. The Balaban J connectivity index is 2.87. The Labute approximate surface area is 74.7 Å². The van der Waals surface area contributed by atoms with Crippen LogP contribution in [0.3, 0.4) is 0 Å². The molecule has 0 bridgehead atoms. The van der Waals surface area contributed by atoms with Crippen molar-refractivity contribution in [3.05, 3.63) is 23.7 Å².